The second-order valence-electron chi connectivity index (χ2n) is 3.51. The number of rotatable bonds is 2. The fourth-order valence-corrected chi connectivity index (χ4v) is 1.55. The van der Waals surface area contributed by atoms with Crippen LogP contribution in [0.2, 0.25) is 0 Å². The number of piperidine rings is 1. The van der Waals surface area contributed by atoms with E-state index in [1.165, 1.54) is 6.92 Å². The largest absolute Gasteiger partial charge is 0.323 e. The van der Waals surface area contributed by atoms with Gasteiger partial charge in [-0.2, -0.15) is 0 Å². The summed E-state index contributed by atoms with van der Waals surface area (Å²) in [6.45, 7) is 2.62. The number of nitrogens with one attached hydrogen (secondary N) is 1. The maximum Gasteiger partial charge on any atom is 0.266 e. The molecule has 0 aliphatic carbocycles. The number of nitrogens with two attached hydrogens (primary N) is 1. The standard InChI is InChI=1S/C8H16F2N2/c1-6(11)8(9,10)7-3-2-4-12-5-7/h6-7,12H,2-5,11H2,1H3. The van der Waals surface area contributed by atoms with E-state index in [-0.39, 0.29) is 0 Å². The van der Waals surface area contributed by atoms with Crippen LogP contribution in [-0.4, -0.2) is 25.1 Å². The molecule has 0 aromatic carbocycles. The monoisotopic (exact) mass is 178 g/mol. The van der Waals surface area contributed by atoms with E-state index in [9.17, 15) is 8.78 Å². The number of halogens is 2. The quantitative estimate of drug-likeness (QED) is 0.661. The van der Waals surface area contributed by atoms with Gasteiger partial charge in [0.15, 0.2) is 0 Å². The molecular weight excluding hydrogens is 162 g/mol. The van der Waals surface area contributed by atoms with Gasteiger partial charge in [-0.3, -0.25) is 0 Å². The summed E-state index contributed by atoms with van der Waals surface area (Å²) in [6, 6.07) is -1.04. The molecule has 0 aromatic rings. The van der Waals surface area contributed by atoms with Crippen LogP contribution < -0.4 is 11.1 Å². The highest BCUT2D eigenvalue weighted by Crippen LogP contribution is 2.31. The molecule has 1 aliphatic heterocycles. The van der Waals surface area contributed by atoms with Crippen molar-refractivity contribution in [3.8, 4) is 0 Å². The molecule has 0 saturated carbocycles. The molecule has 2 atom stereocenters. The van der Waals surface area contributed by atoms with Crippen LogP contribution in [0.25, 0.3) is 0 Å². The molecule has 4 heteroatoms. The Labute approximate surface area is 71.5 Å². The van der Waals surface area contributed by atoms with Crippen LogP contribution in [0.3, 0.4) is 0 Å². The van der Waals surface area contributed by atoms with Gasteiger partial charge in [0.2, 0.25) is 0 Å². The Morgan fingerprint density at radius 2 is 2.25 bits per heavy atom. The first-order valence-corrected chi connectivity index (χ1v) is 4.39. The molecule has 3 N–H and O–H groups in total. The van der Waals surface area contributed by atoms with Gasteiger partial charge in [0.1, 0.15) is 0 Å². The maximum atomic E-state index is 13.3. The van der Waals surface area contributed by atoms with Gasteiger partial charge >= 0.3 is 0 Å². The van der Waals surface area contributed by atoms with Crippen molar-refractivity contribution < 1.29 is 8.78 Å². The lowest BCUT2D eigenvalue weighted by atomic mass is 9.89. The molecular formula is C8H16F2N2. The minimum Gasteiger partial charge on any atom is -0.323 e. The molecule has 2 unspecified atom stereocenters. The van der Waals surface area contributed by atoms with Gasteiger partial charge in [-0.15, -0.1) is 0 Å². The van der Waals surface area contributed by atoms with Crippen LogP contribution >= 0.6 is 0 Å². The lowest BCUT2D eigenvalue weighted by Crippen LogP contribution is -2.49. The highest BCUT2D eigenvalue weighted by atomic mass is 19.3. The Morgan fingerprint density at radius 1 is 1.58 bits per heavy atom. The maximum absolute atomic E-state index is 13.3. The molecule has 0 spiro atoms. The Balaban J connectivity index is 2.53. The molecule has 1 rings (SSSR count). The van der Waals surface area contributed by atoms with Crippen LogP contribution in [0.4, 0.5) is 8.78 Å². The Bertz CT molecular complexity index is 142. The molecule has 0 bridgehead atoms. The van der Waals surface area contributed by atoms with E-state index in [1.807, 2.05) is 0 Å². The molecule has 0 aromatic heterocycles. The molecule has 72 valence electrons. The van der Waals surface area contributed by atoms with Gasteiger partial charge in [0.05, 0.1) is 6.04 Å². The van der Waals surface area contributed by atoms with Crippen LogP contribution in [-0.2, 0) is 0 Å². The average Bonchev–Trinajstić information content (AvgIpc) is 2.06. The second kappa shape index (κ2) is 3.66. The summed E-state index contributed by atoms with van der Waals surface area (Å²) in [4.78, 5) is 0. The van der Waals surface area contributed by atoms with Crippen molar-refractivity contribution in [3.63, 3.8) is 0 Å². The van der Waals surface area contributed by atoms with Gasteiger partial charge in [-0.1, -0.05) is 0 Å². The predicted octanol–water partition coefficient (Wildman–Crippen LogP) is 0.968. The molecule has 1 fully saturated rings. The summed E-state index contributed by atoms with van der Waals surface area (Å²) >= 11 is 0. The van der Waals surface area contributed by atoms with Gasteiger partial charge in [0, 0.05) is 12.5 Å². The van der Waals surface area contributed by atoms with Crippen LogP contribution in [0.15, 0.2) is 0 Å². The normalized spacial score (nSPS) is 28.5. The first kappa shape index (κ1) is 9.86. The van der Waals surface area contributed by atoms with E-state index in [2.05, 4.69) is 5.32 Å². The van der Waals surface area contributed by atoms with Crippen LogP contribution in [0.5, 0.6) is 0 Å². The molecule has 2 nitrogen and oxygen atoms in total. The number of hydrogen-bond acceptors (Lipinski definition) is 2. The van der Waals surface area contributed by atoms with Crippen molar-refractivity contribution >= 4 is 0 Å². The van der Waals surface area contributed by atoms with Crippen molar-refractivity contribution in [2.24, 2.45) is 11.7 Å². The Hall–Kier alpha value is -0.220. The second-order valence-corrected chi connectivity index (χ2v) is 3.51. The van der Waals surface area contributed by atoms with Crippen molar-refractivity contribution in [2.45, 2.75) is 31.7 Å². The van der Waals surface area contributed by atoms with E-state index in [0.717, 1.165) is 13.0 Å². The number of alkyl halides is 2. The van der Waals surface area contributed by atoms with Crippen molar-refractivity contribution in [2.75, 3.05) is 13.1 Å². The average molecular weight is 178 g/mol. The third-order valence-electron chi connectivity index (χ3n) is 2.45. The van der Waals surface area contributed by atoms with E-state index in [0.29, 0.717) is 13.0 Å². The summed E-state index contributed by atoms with van der Waals surface area (Å²) in [6.07, 6.45) is 1.41. The van der Waals surface area contributed by atoms with Gasteiger partial charge in [-0.25, -0.2) is 8.78 Å². The number of hydrogen-bond donors (Lipinski definition) is 2. The fourth-order valence-electron chi connectivity index (χ4n) is 1.55. The zero-order chi connectivity index (χ0) is 9.19. The molecule has 1 heterocycles. The zero-order valence-electron chi connectivity index (χ0n) is 7.32. The smallest absolute Gasteiger partial charge is 0.266 e. The third-order valence-corrected chi connectivity index (χ3v) is 2.45. The van der Waals surface area contributed by atoms with Crippen LogP contribution in [0.1, 0.15) is 19.8 Å². The first-order valence-electron chi connectivity index (χ1n) is 4.39. The lowest BCUT2D eigenvalue weighted by molar-refractivity contribution is -0.0818. The van der Waals surface area contributed by atoms with Gasteiger partial charge in [0.25, 0.3) is 5.92 Å². The minimum atomic E-state index is -2.71. The van der Waals surface area contributed by atoms with Crippen molar-refractivity contribution in [1.29, 1.82) is 0 Å². The highest BCUT2D eigenvalue weighted by molar-refractivity contribution is 4.87. The summed E-state index contributed by atoms with van der Waals surface area (Å²) in [5.41, 5.74) is 5.22. The summed E-state index contributed by atoms with van der Waals surface area (Å²) < 4.78 is 26.5. The summed E-state index contributed by atoms with van der Waals surface area (Å²) in [5.74, 6) is -3.29. The van der Waals surface area contributed by atoms with E-state index < -0.39 is 17.9 Å². The lowest BCUT2D eigenvalue weighted by Gasteiger charge is -2.32. The topological polar surface area (TPSA) is 38.0 Å². The molecule has 1 aliphatic rings. The zero-order valence-corrected chi connectivity index (χ0v) is 7.32. The van der Waals surface area contributed by atoms with Crippen molar-refractivity contribution in [1.82, 2.24) is 5.32 Å². The van der Waals surface area contributed by atoms with E-state index in [4.69, 9.17) is 5.73 Å². The van der Waals surface area contributed by atoms with Gasteiger partial charge < -0.3 is 11.1 Å². The minimum absolute atomic E-state index is 0.397. The predicted molar refractivity (Wildman–Crippen MR) is 44.2 cm³/mol. The highest BCUT2D eigenvalue weighted by Gasteiger charge is 2.43. The Kier molecular flexibility index (Phi) is 3.01. The van der Waals surface area contributed by atoms with E-state index in [1.54, 1.807) is 0 Å². The molecule has 12 heavy (non-hydrogen) atoms. The third kappa shape index (κ3) is 1.93. The SMILES string of the molecule is CC(N)C(F)(F)C1CCCNC1. The van der Waals surface area contributed by atoms with Crippen LogP contribution in [0, 0.1) is 5.92 Å². The molecule has 0 amide bonds. The van der Waals surface area contributed by atoms with E-state index >= 15 is 0 Å². The molecule has 0 radical (unpaired) electrons. The summed E-state index contributed by atoms with van der Waals surface area (Å²) in [5, 5.41) is 2.96. The first-order chi connectivity index (χ1) is 5.55. The Morgan fingerprint density at radius 3 is 2.67 bits per heavy atom. The molecule has 1 saturated heterocycles. The van der Waals surface area contributed by atoms with Gasteiger partial charge in [-0.05, 0) is 26.3 Å². The summed E-state index contributed by atoms with van der Waals surface area (Å²) in [7, 11) is 0. The fraction of sp³-hybridized carbons (Fsp3) is 1.00. The van der Waals surface area contributed by atoms with Crippen molar-refractivity contribution in [3.05, 3.63) is 0 Å².